The number of rotatable bonds is 3. The number of nitriles is 1. The Bertz CT molecular complexity index is 647. The minimum atomic E-state index is -0.384. The predicted molar refractivity (Wildman–Crippen MR) is 74.6 cm³/mol. The Morgan fingerprint density at radius 1 is 1.26 bits per heavy atom. The van der Waals surface area contributed by atoms with Crippen LogP contribution < -0.4 is 5.32 Å². The van der Waals surface area contributed by atoms with Crippen LogP contribution in [0.2, 0.25) is 5.02 Å². The lowest BCUT2D eigenvalue weighted by atomic mass is 10.1. The van der Waals surface area contributed by atoms with Gasteiger partial charge in [-0.2, -0.15) is 5.26 Å². The van der Waals surface area contributed by atoms with Gasteiger partial charge in [-0.25, -0.2) is 4.39 Å². The van der Waals surface area contributed by atoms with E-state index < -0.39 is 0 Å². The molecule has 96 valence electrons. The molecule has 0 saturated heterocycles. The molecule has 0 aliphatic heterocycles. The maximum Gasteiger partial charge on any atom is 0.129 e. The summed E-state index contributed by atoms with van der Waals surface area (Å²) >= 11 is 6.02. The van der Waals surface area contributed by atoms with E-state index in [1.54, 1.807) is 18.2 Å². The molecule has 0 aromatic heterocycles. The zero-order valence-electron chi connectivity index (χ0n) is 10.4. The Kier molecular flexibility index (Phi) is 4.03. The topological polar surface area (TPSA) is 35.8 Å². The number of aryl methyl sites for hydroxylation is 1. The second kappa shape index (κ2) is 5.73. The summed E-state index contributed by atoms with van der Waals surface area (Å²) < 4.78 is 13.7. The first kappa shape index (κ1) is 13.4. The van der Waals surface area contributed by atoms with Gasteiger partial charge in [0.05, 0.1) is 11.6 Å². The average Bonchev–Trinajstić information content (AvgIpc) is 2.41. The van der Waals surface area contributed by atoms with E-state index in [4.69, 9.17) is 16.9 Å². The second-order valence-electron chi connectivity index (χ2n) is 4.24. The lowest BCUT2D eigenvalue weighted by Crippen LogP contribution is -2.02. The van der Waals surface area contributed by atoms with E-state index in [1.165, 1.54) is 6.07 Å². The molecule has 0 bridgehead atoms. The van der Waals surface area contributed by atoms with E-state index in [9.17, 15) is 4.39 Å². The molecular weight excluding hydrogens is 263 g/mol. The van der Waals surface area contributed by atoms with Crippen molar-refractivity contribution < 1.29 is 4.39 Å². The largest absolute Gasteiger partial charge is 0.381 e. The molecule has 4 heteroatoms. The van der Waals surface area contributed by atoms with E-state index in [1.807, 2.05) is 25.1 Å². The molecule has 2 rings (SSSR count). The second-order valence-corrected chi connectivity index (χ2v) is 4.64. The van der Waals surface area contributed by atoms with E-state index in [0.717, 1.165) is 11.3 Å². The molecule has 0 spiro atoms. The Morgan fingerprint density at radius 3 is 2.68 bits per heavy atom. The van der Waals surface area contributed by atoms with Crippen molar-refractivity contribution in [1.82, 2.24) is 0 Å². The zero-order chi connectivity index (χ0) is 13.8. The lowest BCUT2D eigenvalue weighted by molar-refractivity contribution is 0.612. The summed E-state index contributed by atoms with van der Waals surface area (Å²) in [5.41, 5.74) is 2.66. The molecule has 0 amide bonds. The number of benzene rings is 2. The van der Waals surface area contributed by atoms with Gasteiger partial charge in [-0.1, -0.05) is 23.7 Å². The maximum atomic E-state index is 13.7. The van der Waals surface area contributed by atoms with Gasteiger partial charge in [-0.3, -0.25) is 0 Å². The fourth-order valence-electron chi connectivity index (χ4n) is 1.66. The number of anilines is 1. The molecule has 19 heavy (non-hydrogen) atoms. The van der Waals surface area contributed by atoms with Crippen LogP contribution in [-0.4, -0.2) is 0 Å². The van der Waals surface area contributed by atoms with Crippen molar-refractivity contribution in [2.75, 3.05) is 5.32 Å². The zero-order valence-corrected chi connectivity index (χ0v) is 11.1. The van der Waals surface area contributed by atoms with E-state index >= 15 is 0 Å². The Morgan fingerprint density at radius 2 is 2.05 bits per heavy atom. The molecule has 0 atom stereocenters. The van der Waals surface area contributed by atoms with Crippen LogP contribution in [0.1, 0.15) is 16.7 Å². The number of hydrogen-bond donors (Lipinski definition) is 1. The molecule has 0 saturated carbocycles. The molecule has 0 heterocycles. The lowest BCUT2D eigenvalue weighted by Gasteiger charge is -2.09. The summed E-state index contributed by atoms with van der Waals surface area (Å²) in [5, 5.41) is 12.4. The summed E-state index contributed by atoms with van der Waals surface area (Å²) in [6, 6.07) is 11.9. The molecule has 2 nitrogen and oxygen atoms in total. The first-order valence-corrected chi connectivity index (χ1v) is 6.16. The smallest absolute Gasteiger partial charge is 0.129 e. The van der Waals surface area contributed by atoms with Crippen molar-refractivity contribution in [1.29, 1.82) is 5.26 Å². The van der Waals surface area contributed by atoms with Crippen molar-refractivity contribution >= 4 is 17.3 Å². The first-order valence-electron chi connectivity index (χ1n) is 5.78. The van der Waals surface area contributed by atoms with Crippen LogP contribution in [0.25, 0.3) is 0 Å². The van der Waals surface area contributed by atoms with Crippen LogP contribution in [0.4, 0.5) is 10.1 Å². The van der Waals surface area contributed by atoms with Gasteiger partial charge in [0.1, 0.15) is 5.82 Å². The van der Waals surface area contributed by atoms with Gasteiger partial charge in [0.2, 0.25) is 0 Å². The van der Waals surface area contributed by atoms with E-state index in [2.05, 4.69) is 5.32 Å². The summed E-state index contributed by atoms with van der Waals surface area (Å²) in [7, 11) is 0. The standard InChI is InChI=1S/C15H12ClFN2/c1-10-2-5-13(7-14(10)16)19-9-12-4-3-11(8-18)6-15(12)17/h2-7,19H,9H2,1H3. The Labute approximate surface area is 116 Å². The monoisotopic (exact) mass is 274 g/mol. The molecule has 0 unspecified atom stereocenters. The highest BCUT2D eigenvalue weighted by Crippen LogP contribution is 2.21. The average molecular weight is 275 g/mol. The molecule has 0 aliphatic rings. The number of nitrogens with one attached hydrogen (secondary N) is 1. The van der Waals surface area contributed by atoms with Crippen LogP contribution in [0.15, 0.2) is 36.4 Å². The first-order chi connectivity index (χ1) is 9.10. The van der Waals surface area contributed by atoms with Crippen molar-refractivity contribution in [3.05, 3.63) is 63.9 Å². The van der Waals surface area contributed by atoms with Crippen LogP contribution >= 0.6 is 11.6 Å². The minimum absolute atomic E-state index is 0.319. The normalized spacial score (nSPS) is 10.0. The van der Waals surface area contributed by atoms with Crippen LogP contribution in [0.3, 0.4) is 0 Å². The fourth-order valence-corrected chi connectivity index (χ4v) is 1.84. The predicted octanol–water partition coefficient (Wildman–Crippen LogP) is 4.27. The van der Waals surface area contributed by atoms with Crippen LogP contribution in [0.5, 0.6) is 0 Å². The minimum Gasteiger partial charge on any atom is -0.381 e. The molecular formula is C15H12ClFN2. The summed E-state index contributed by atoms with van der Waals surface area (Å²) in [6.45, 7) is 2.27. The van der Waals surface area contributed by atoms with Gasteiger partial charge in [0.25, 0.3) is 0 Å². The van der Waals surface area contributed by atoms with Gasteiger partial charge < -0.3 is 5.32 Å². The highest BCUT2D eigenvalue weighted by atomic mass is 35.5. The molecule has 0 fully saturated rings. The third-order valence-corrected chi connectivity index (χ3v) is 3.24. The summed E-state index contributed by atoms with van der Waals surface area (Å²) in [5.74, 6) is -0.384. The van der Waals surface area contributed by atoms with Gasteiger partial charge in [0, 0.05) is 22.8 Å². The van der Waals surface area contributed by atoms with Gasteiger partial charge in [-0.15, -0.1) is 0 Å². The third-order valence-electron chi connectivity index (χ3n) is 2.84. The quantitative estimate of drug-likeness (QED) is 0.907. The van der Waals surface area contributed by atoms with Crippen LogP contribution in [0, 0.1) is 24.1 Å². The summed E-state index contributed by atoms with van der Waals surface area (Å²) in [4.78, 5) is 0. The van der Waals surface area contributed by atoms with Crippen molar-refractivity contribution in [3.63, 3.8) is 0 Å². The highest BCUT2D eigenvalue weighted by molar-refractivity contribution is 6.31. The fraction of sp³-hybridized carbons (Fsp3) is 0.133. The van der Waals surface area contributed by atoms with Crippen LogP contribution in [-0.2, 0) is 6.54 Å². The van der Waals surface area contributed by atoms with Crippen molar-refractivity contribution in [2.24, 2.45) is 0 Å². The Hall–Kier alpha value is -2.05. The van der Waals surface area contributed by atoms with E-state index in [-0.39, 0.29) is 5.82 Å². The summed E-state index contributed by atoms with van der Waals surface area (Å²) in [6.07, 6.45) is 0. The van der Waals surface area contributed by atoms with Crippen molar-refractivity contribution in [2.45, 2.75) is 13.5 Å². The van der Waals surface area contributed by atoms with Gasteiger partial charge in [-0.05, 0) is 36.8 Å². The molecule has 2 aromatic carbocycles. The van der Waals surface area contributed by atoms with Gasteiger partial charge in [0.15, 0.2) is 0 Å². The SMILES string of the molecule is Cc1ccc(NCc2ccc(C#N)cc2F)cc1Cl. The highest BCUT2D eigenvalue weighted by Gasteiger charge is 2.04. The number of nitrogens with zero attached hydrogens (tertiary/aromatic N) is 1. The maximum absolute atomic E-state index is 13.7. The van der Waals surface area contributed by atoms with E-state index in [0.29, 0.717) is 22.7 Å². The third kappa shape index (κ3) is 3.24. The number of hydrogen-bond acceptors (Lipinski definition) is 2. The Balaban J connectivity index is 2.10. The van der Waals surface area contributed by atoms with Crippen molar-refractivity contribution in [3.8, 4) is 6.07 Å². The molecule has 1 N–H and O–H groups in total. The molecule has 0 radical (unpaired) electrons. The number of halogens is 2. The molecule has 2 aromatic rings. The van der Waals surface area contributed by atoms with Gasteiger partial charge >= 0.3 is 0 Å². The molecule has 0 aliphatic carbocycles.